The average Bonchev–Trinajstić information content (AvgIpc) is 2.83. The lowest BCUT2D eigenvalue weighted by molar-refractivity contribution is 0.0562. The molecule has 1 aliphatic heterocycles. The molecule has 0 spiro atoms. The number of likely N-dealkylation sites (tertiary alicyclic amines) is 1. The highest BCUT2D eigenvalue weighted by atomic mass is 28.3. The van der Waals surface area contributed by atoms with Crippen molar-refractivity contribution >= 4 is 20.1 Å². The van der Waals surface area contributed by atoms with E-state index in [1.165, 1.54) is 7.11 Å². The van der Waals surface area contributed by atoms with Crippen LogP contribution in [-0.2, 0) is 0 Å². The molecule has 1 aromatic carbocycles. The number of rotatable bonds is 8. The Kier molecular flexibility index (Phi) is 8.19. The van der Waals surface area contributed by atoms with Crippen molar-refractivity contribution in [2.75, 3.05) is 33.9 Å². The number of amides is 2. The molecule has 8 nitrogen and oxygen atoms in total. The van der Waals surface area contributed by atoms with Crippen molar-refractivity contribution in [3.8, 4) is 11.5 Å². The normalized spacial score (nSPS) is 18.3. The van der Waals surface area contributed by atoms with Gasteiger partial charge < -0.3 is 24.4 Å². The SMILES string of the molecule is COc1ccc(C(=O)N2CCC(N(CC[Si](C)(C)C)C(=O)O)C(c3cccnc3)C2)cc1OC. The van der Waals surface area contributed by atoms with Crippen molar-refractivity contribution < 1.29 is 24.2 Å². The average molecular weight is 486 g/mol. The minimum absolute atomic E-state index is 0.114. The predicted molar refractivity (Wildman–Crippen MR) is 134 cm³/mol. The number of hydrogen-bond acceptors (Lipinski definition) is 5. The third-order valence-corrected chi connectivity index (χ3v) is 8.08. The first-order valence-corrected chi connectivity index (χ1v) is 15.3. The first-order valence-electron chi connectivity index (χ1n) is 11.6. The fourth-order valence-electron chi connectivity index (χ4n) is 4.43. The summed E-state index contributed by atoms with van der Waals surface area (Å²) in [6, 6.07) is 9.63. The molecule has 0 radical (unpaired) electrons. The molecule has 0 aliphatic carbocycles. The van der Waals surface area contributed by atoms with Crippen molar-refractivity contribution in [2.45, 2.75) is 44.1 Å². The lowest BCUT2D eigenvalue weighted by atomic mass is 9.85. The van der Waals surface area contributed by atoms with E-state index >= 15 is 0 Å². The number of ether oxygens (including phenoxy) is 2. The molecule has 1 aliphatic rings. The van der Waals surface area contributed by atoms with Gasteiger partial charge in [-0.15, -0.1) is 0 Å². The van der Waals surface area contributed by atoms with Gasteiger partial charge in [0.1, 0.15) is 0 Å². The first-order chi connectivity index (χ1) is 16.1. The number of benzene rings is 1. The summed E-state index contributed by atoms with van der Waals surface area (Å²) in [6.07, 6.45) is 3.14. The summed E-state index contributed by atoms with van der Waals surface area (Å²) >= 11 is 0. The molecule has 0 bridgehead atoms. The van der Waals surface area contributed by atoms with Crippen molar-refractivity contribution in [2.24, 2.45) is 0 Å². The highest BCUT2D eigenvalue weighted by molar-refractivity contribution is 6.76. The van der Waals surface area contributed by atoms with E-state index in [1.54, 1.807) is 47.5 Å². The van der Waals surface area contributed by atoms with E-state index < -0.39 is 14.2 Å². The topological polar surface area (TPSA) is 92.2 Å². The minimum atomic E-state index is -1.43. The molecule has 2 heterocycles. The molecule has 184 valence electrons. The van der Waals surface area contributed by atoms with Gasteiger partial charge in [-0.1, -0.05) is 25.7 Å². The lowest BCUT2D eigenvalue weighted by Gasteiger charge is -2.43. The summed E-state index contributed by atoms with van der Waals surface area (Å²) in [5.74, 6) is 0.780. The predicted octanol–water partition coefficient (Wildman–Crippen LogP) is 4.42. The summed E-state index contributed by atoms with van der Waals surface area (Å²) in [7, 11) is 1.67. The minimum Gasteiger partial charge on any atom is -0.493 e. The molecule has 2 atom stereocenters. The van der Waals surface area contributed by atoms with Crippen LogP contribution in [0, 0.1) is 0 Å². The van der Waals surface area contributed by atoms with E-state index in [9.17, 15) is 14.7 Å². The molecule has 34 heavy (non-hydrogen) atoms. The molecule has 1 aromatic heterocycles. The third kappa shape index (κ3) is 6.08. The highest BCUT2D eigenvalue weighted by Crippen LogP contribution is 2.33. The number of hydrogen-bond donors (Lipinski definition) is 1. The van der Waals surface area contributed by atoms with Gasteiger partial charge in [0.15, 0.2) is 11.5 Å². The summed E-state index contributed by atoms with van der Waals surface area (Å²) in [6.45, 7) is 8.14. The Bertz CT molecular complexity index is 996. The van der Waals surface area contributed by atoms with Gasteiger partial charge in [-0.3, -0.25) is 9.78 Å². The highest BCUT2D eigenvalue weighted by Gasteiger charge is 2.38. The quantitative estimate of drug-likeness (QED) is 0.557. The number of carboxylic acid groups (broad SMARTS) is 1. The van der Waals surface area contributed by atoms with Crippen LogP contribution in [0.2, 0.25) is 25.7 Å². The van der Waals surface area contributed by atoms with E-state index in [2.05, 4.69) is 24.6 Å². The molecule has 1 fully saturated rings. The van der Waals surface area contributed by atoms with E-state index in [1.807, 2.05) is 12.1 Å². The van der Waals surface area contributed by atoms with Gasteiger partial charge in [-0.25, -0.2) is 4.79 Å². The molecular formula is C25H35N3O5Si. The van der Waals surface area contributed by atoms with E-state index in [0.717, 1.165) is 11.6 Å². The largest absolute Gasteiger partial charge is 0.493 e. The summed E-state index contributed by atoms with van der Waals surface area (Å²) in [5.41, 5.74) is 1.45. The smallest absolute Gasteiger partial charge is 0.407 e. The zero-order chi connectivity index (χ0) is 24.9. The number of pyridine rings is 1. The van der Waals surface area contributed by atoms with Crippen molar-refractivity contribution in [1.29, 1.82) is 0 Å². The van der Waals surface area contributed by atoms with Gasteiger partial charge in [0, 0.05) is 57.6 Å². The fourth-order valence-corrected chi connectivity index (χ4v) is 5.34. The molecule has 3 rings (SSSR count). The number of methoxy groups -OCH3 is 2. The summed E-state index contributed by atoms with van der Waals surface area (Å²) in [5, 5.41) is 10.1. The Morgan fingerprint density at radius 3 is 2.50 bits per heavy atom. The zero-order valence-corrected chi connectivity index (χ0v) is 21.7. The van der Waals surface area contributed by atoms with Gasteiger partial charge in [-0.2, -0.15) is 0 Å². The second-order valence-corrected chi connectivity index (χ2v) is 15.5. The van der Waals surface area contributed by atoms with Crippen LogP contribution in [-0.4, -0.2) is 79.9 Å². The van der Waals surface area contributed by atoms with Gasteiger partial charge >= 0.3 is 6.09 Å². The Morgan fingerprint density at radius 1 is 1.18 bits per heavy atom. The van der Waals surface area contributed by atoms with Crippen LogP contribution >= 0.6 is 0 Å². The molecule has 9 heteroatoms. The standard InChI is InChI=1S/C25H35N3O5Si/c1-32-22-9-8-18(15-23(22)33-2)24(29)27-12-10-21(20(17-27)19-7-6-11-26-16-19)28(25(30)31)13-14-34(3,4)5/h6-9,11,15-16,20-21H,10,12-14,17H2,1-5H3,(H,30,31). The number of nitrogens with zero attached hydrogens (tertiary/aromatic N) is 3. The summed E-state index contributed by atoms with van der Waals surface area (Å²) in [4.78, 5) is 33.3. The van der Waals surface area contributed by atoms with Gasteiger partial charge in [0.25, 0.3) is 5.91 Å². The van der Waals surface area contributed by atoms with Crippen molar-refractivity contribution in [3.05, 3.63) is 53.9 Å². The maximum absolute atomic E-state index is 13.4. The molecule has 2 amide bonds. The summed E-state index contributed by atoms with van der Waals surface area (Å²) < 4.78 is 10.6. The molecule has 1 saturated heterocycles. The first kappa shape index (κ1) is 25.5. The van der Waals surface area contributed by atoms with E-state index in [4.69, 9.17) is 9.47 Å². The number of carbonyl (C=O) groups excluding carboxylic acids is 1. The maximum Gasteiger partial charge on any atom is 0.407 e. The Hall–Kier alpha value is -3.07. The van der Waals surface area contributed by atoms with Gasteiger partial charge in [0.2, 0.25) is 0 Å². The molecular weight excluding hydrogens is 450 g/mol. The number of carbonyl (C=O) groups is 2. The number of aromatic nitrogens is 1. The van der Waals surface area contributed by atoms with E-state index in [-0.39, 0.29) is 17.9 Å². The van der Waals surface area contributed by atoms with Crippen LogP contribution in [0.4, 0.5) is 4.79 Å². The second kappa shape index (κ2) is 10.9. The monoisotopic (exact) mass is 485 g/mol. The Labute approximate surface area is 202 Å². The Balaban J connectivity index is 1.88. The molecule has 1 N–H and O–H groups in total. The van der Waals surface area contributed by atoms with E-state index in [0.29, 0.717) is 43.1 Å². The van der Waals surface area contributed by atoms with Gasteiger partial charge in [-0.05, 0) is 42.3 Å². The van der Waals surface area contributed by atoms with Crippen LogP contribution in [0.3, 0.4) is 0 Å². The van der Waals surface area contributed by atoms with Crippen LogP contribution in [0.1, 0.15) is 28.3 Å². The van der Waals surface area contributed by atoms with Crippen LogP contribution < -0.4 is 9.47 Å². The molecule has 0 saturated carbocycles. The van der Waals surface area contributed by atoms with Crippen LogP contribution in [0.15, 0.2) is 42.7 Å². The van der Waals surface area contributed by atoms with Crippen molar-refractivity contribution in [3.63, 3.8) is 0 Å². The number of piperidine rings is 1. The lowest BCUT2D eigenvalue weighted by Crippen LogP contribution is -2.53. The third-order valence-electron chi connectivity index (χ3n) is 6.36. The maximum atomic E-state index is 13.4. The van der Waals surface area contributed by atoms with Gasteiger partial charge in [0.05, 0.1) is 14.2 Å². The zero-order valence-electron chi connectivity index (χ0n) is 20.7. The van der Waals surface area contributed by atoms with Crippen molar-refractivity contribution in [1.82, 2.24) is 14.8 Å². The fraction of sp³-hybridized carbons (Fsp3) is 0.480. The second-order valence-electron chi connectivity index (χ2n) is 9.86. The molecule has 2 aromatic rings. The Morgan fingerprint density at radius 2 is 1.91 bits per heavy atom. The van der Waals surface area contributed by atoms with Crippen LogP contribution in [0.25, 0.3) is 0 Å². The van der Waals surface area contributed by atoms with Crippen LogP contribution in [0.5, 0.6) is 11.5 Å². The molecule has 2 unspecified atom stereocenters.